The van der Waals surface area contributed by atoms with Crippen LogP contribution in [0.2, 0.25) is 0 Å². The lowest BCUT2D eigenvalue weighted by Gasteiger charge is -2.36. The molecule has 0 aromatic carbocycles. The van der Waals surface area contributed by atoms with E-state index >= 15 is 0 Å². The van der Waals surface area contributed by atoms with Crippen LogP contribution in [-0.2, 0) is 9.47 Å². The molecule has 2 nitrogen and oxygen atoms in total. The highest BCUT2D eigenvalue weighted by Gasteiger charge is 2.72. The van der Waals surface area contributed by atoms with Crippen LogP contribution in [0.3, 0.4) is 0 Å². The molecule has 0 saturated carbocycles. The zero-order chi connectivity index (χ0) is 21.6. The summed E-state index contributed by atoms with van der Waals surface area (Å²) in [6, 6.07) is 0. The number of ether oxygens (including phenoxy) is 2. The lowest BCUT2D eigenvalue weighted by molar-refractivity contribution is -0.243. The molecule has 0 unspecified atom stereocenters. The van der Waals surface area contributed by atoms with Crippen LogP contribution in [0.4, 0.5) is 52.7 Å². The maximum absolute atomic E-state index is 13.3. The second-order valence-electron chi connectivity index (χ2n) is 4.97. The van der Waals surface area contributed by atoms with Crippen LogP contribution >= 0.6 is 0 Å². The minimum atomic E-state index is -6.44. The van der Waals surface area contributed by atoms with Crippen molar-refractivity contribution >= 4 is 0 Å². The second-order valence-corrected chi connectivity index (χ2v) is 4.97. The number of hydrogen-bond donors (Lipinski definition) is 0. The lowest BCUT2D eigenvalue weighted by Crippen LogP contribution is -2.48. The van der Waals surface area contributed by atoms with E-state index in [2.05, 4.69) is 9.47 Å². The summed E-state index contributed by atoms with van der Waals surface area (Å²) < 4.78 is 167. The minimum Gasteiger partial charge on any atom is -0.342 e. The van der Waals surface area contributed by atoms with Crippen LogP contribution in [0, 0.1) is 0 Å². The van der Waals surface area contributed by atoms with Gasteiger partial charge in [-0.15, -0.1) is 0 Å². The first kappa shape index (κ1) is 23.6. The Labute approximate surface area is 143 Å². The van der Waals surface area contributed by atoms with Gasteiger partial charge in [-0.05, 0) is 13.8 Å². The molecule has 0 bridgehead atoms. The molecule has 1 aliphatic rings. The normalized spacial score (nSPS) is 19.3. The quantitative estimate of drug-likeness (QED) is 0.430. The van der Waals surface area contributed by atoms with E-state index < -0.39 is 66.0 Å². The summed E-state index contributed by atoms with van der Waals surface area (Å²) in [6.45, 7) is -0.673. The van der Waals surface area contributed by atoms with Crippen LogP contribution < -0.4 is 0 Å². The molecular formula is C13H10F12O2. The van der Waals surface area contributed by atoms with E-state index in [9.17, 15) is 52.7 Å². The standard InChI is InChI=1S/C13H10F12O2/c1-3-26-9(27-4-2)7(12(20,21)22)5(10(14,15)16)6(11(17,18)19)8(9)13(23,24)25/h3-4H2,1-2H3. The van der Waals surface area contributed by atoms with Gasteiger partial charge in [0.05, 0.1) is 11.1 Å². The van der Waals surface area contributed by atoms with E-state index in [0.29, 0.717) is 0 Å². The van der Waals surface area contributed by atoms with Crippen molar-refractivity contribution in [3.05, 3.63) is 22.3 Å². The molecule has 0 saturated heterocycles. The molecule has 0 amide bonds. The number of halogens is 12. The Kier molecular flexibility index (Phi) is 6.00. The highest BCUT2D eigenvalue weighted by molar-refractivity contribution is 5.61. The van der Waals surface area contributed by atoms with Gasteiger partial charge in [0.25, 0.3) is 0 Å². The summed E-state index contributed by atoms with van der Waals surface area (Å²) in [6.07, 6.45) is -25.5. The highest BCUT2D eigenvalue weighted by Crippen LogP contribution is 2.61. The highest BCUT2D eigenvalue weighted by atomic mass is 19.4. The molecule has 0 aromatic rings. The SMILES string of the molecule is CCOC1(OCC)C(C(F)(F)F)=C(C(F)(F)F)C(C(F)(F)F)=C1C(F)(F)F. The average molecular weight is 426 g/mol. The van der Waals surface area contributed by atoms with Crippen molar-refractivity contribution in [2.24, 2.45) is 0 Å². The first-order valence-electron chi connectivity index (χ1n) is 6.92. The summed E-state index contributed by atoms with van der Waals surface area (Å²) in [5.41, 5.74) is -13.6. The first-order valence-corrected chi connectivity index (χ1v) is 6.92. The van der Waals surface area contributed by atoms with Gasteiger partial charge in [-0.2, -0.15) is 52.7 Å². The van der Waals surface area contributed by atoms with Gasteiger partial charge in [0, 0.05) is 13.2 Å². The zero-order valence-electron chi connectivity index (χ0n) is 13.3. The Morgan fingerprint density at radius 3 is 0.963 bits per heavy atom. The summed E-state index contributed by atoms with van der Waals surface area (Å²) in [5, 5.41) is 0. The van der Waals surface area contributed by atoms with Crippen LogP contribution in [0.25, 0.3) is 0 Å². The van der Waals surface area contributed by atoms with E-state index in [0.717, 1.165) is 13.8 Å². The van der Waals surface area contributed by atoms with Crippen molar-refractivity contribution in [3.8, 4) is 0 Å². The smallest absolute Gasteiger partial charge is 0.342 e. The van der Waals surface area contributed by atoms with Crippen LogP contribution in [0.1, 0.15) is 13.8 Å². The topological polar surface area (TPSA) is 18.5 Å². The Morgan fingerprint density at radius 2 is 0.815 bits per heavy atom. The third kappa shape index (κ3) is 4.20. The molecule has 1 rings (SSSR count). The molecule has 0 N–H and O–H groups in total. The largest absolute Gasteiger partial charge is 0.418 e. The molecule has 1 aliphatic carbocycles. The van der Waals surface area contributed by atoms with Crippen molar-refractivity contribution in [3.63, 3.8) is 0 Å². The number of hydrogen-bond acceptors (Lipinski definition) is 2. The molecular weight excluding hydrogens is 416 g/mol. The van der Waals surface area contributed by atoms with Crippen molar-refractivity contribution in [1.29, 1.82) is 0 Å². The van der Waals surface area contributed by atoms with Gasteiger partial charge in [-0.1, -0.05) is 0 Å². The fourth-order valence-electron chi connectivity index (χ4n) is 2.66. The Bertz CT molecular complexity index is 574. The van der Waals surface area contributed by atoms with Crippen molar-refractivity contribution in [2.45, 2.75) is 44.3 Å². The molecule has 14 heteroatoms. The first-order chi connectivity index (χ1) is 11.9. The fourth-order valence-corrected chi connectivity index (χ4v) is 2.66. The van der Waals surface area contributed by atoms with E-state index in [1.807, 2.05) is 0 Å². The monoisotopic (exact) mass is 426 g/mol. The maximum Gasteiger partial charge on any atom is 0.418 e. The second kappa shape index (κ2) is 6.87. The molecule has 27 heavy (non-hydrogen) atoms. The predicted molar refractivity (Wildman–Crippen MR) is 64.3 cm³/mol. The summed E-state index contributed by atoms with van der Waals surface area (Å²) >= 11 is 0. The lowest BCUT2D eigenvalue weighted by atomic mass is 9.99. The van der Waals surface area contributed by atoms with Crippen molar-refractivity contribution in [1.82, 2.24) is 0 Å². The molecule has 0 fully saturated rings. The zero-order valence-corrected chi connectivity index (χ0v) is 13.3. The number of alkyl halides is 12. The number of rotatable bonds is 4. The molecule has 158 valence electrons. The molecule has 0 atom stereocenters. The van der Waals surface area contributed by atoms with E-state index in [-0.39, 0.29) is 0 Å². The van der Waals surface area contributed by atoms with Crippen LogP contribution in [0.5, 0.6) is 0 Å². The Hall–Kier alpha value is -1.44. The maximum atomic E-state index is 13.3. The van der Waals surface area contributed by atoms with Crippen LogP contribution in [0.15, 0.2) is 22.3 Å². The average Bonchev–Trinajstić information content (AvgIpc) is 2.69. The van der Waals surface area contributed by atoms with E-state index in [1.54, 1.807) is 0 Å². The molecule has 0 aliphatic heterocycles. The van der Waals surface area contributed by atoms with Crippen LogP contribution in [-0.4, -0.2) is 43.7 Å². The Balaban J connectivity index is 4.28. The van der Waals surface area contributed by atoms with Gasteiger partial charge in [0.15, 0.2) is 0 Å². The van der Waals surface area contributed by atoms with Gasteiger partial charge in [-0.25, -0.2) is 0 Å². The van der Waals surface area contributed by atoms with Gasteiger partial charge >= 0.3 is 24.7 Å². The molecule has 0 aromatic heterocycles. The summed E-state index contributed by atoms with van der Waals surface area (Å²) in [7, 11) is 0. The Morgan fingerprint density at radius 1 is 0.556 bits per heavy atom. The van der Waals surface area contributed by atoms with Gasteiger partial charge in [0.1, 0.15) is 11.1 Å². The third-order valence-electron chi connectivity index (χ3n) is 3.24. The van der Waals surface area contributed by atoms with Gasteiger partial charge in [0.2, 0.25) is 5.79 Å². The predicted octanol–water partition coefficient (Wildman–Crippen LogP) is 5.61. The van der Waals surface area contributed by atoms with Gasteiger partial charge in [-0.3, -0.25) is 0 Å². The van der Waals surface area contributed by atoms with Crippen molar-refractivity contribution in [2.75, 3.05) is 13.2 Å². The van der Waals surface area contributed by atoms with Crippen molar-refractivity contribution < 1.29 is 62.2 Å². The third-order valence-corrected chi connectivity index (χ3v) is 3.24. The summed E-state index contributed by atoms with van der Waals surface area (Å²) in [4.78, 5) is 0. The number of allylic oxidation sites excluding steroid dienone is 2. The van der Waals surface area contributed by atoms with E-state index in [1.165, 1.54) is 0 Å². The molecule has 0 radical (unpaired) electrons. The van der Waals surface area contributed by atoms with Gasteiger partial charge < -0.3 is 9.47 Å². The molecule has 0 spiro atoms. The molecule has 0 heterocycles. The minimum absolute atomic E-state index is 0.779. The summed E-state index contributed by atoms with van der Waals surface area (Å²) in [5.74, 6) is -4.48. The fraction of sp³-hybridized carbons (Fsp3) is 0.692. The van der Waals surface area contributed by atoms with E-state index in [4.69, 9.17) is 0 Å².